The van der Waals surface area contributed by atoms with Crippen LogP contribution in [0, 0.1) is 0 Å². The maximum atomic E-state index is 12.0. The maximum Gasteiger partial charge on any atom is 0.255 e. The van der Waals surface area contributed by atoms with Crippen molar-refractivity contribution in [3.63, 3.8) is 0 Å². The number of hydrogen-bond acceptors (Lipinski definition) is 4. The molecule has 3 rings (SSSR count). The number of anilines is 1. The van der Waals surface area contributed by atoms with Gasteiger partial charge in [0.05, 0.1) is 18.1 Å². The minimum atomic E-state index is -0.267. The van der Waals surface area contributed by atoms with E-state index in [0.29, 0.717) is 22.2 Å². The summed E-state index contributed by atoms with van der Waals surface area (Å²) in [6.07, 6.45) is 8.03. The van der Waals surface area contributed by atoms with E-state index in [0.717, 1.165) is 0 Å². The predicted molar refractivity (Wildman–Crippen MR) is 78.6 cm³/mol. The molecule has 6 nitrogen and oxygen atoms in total. The molecule has 0 unspecified atom stereocenters. The summed E-state index contributed by atoms with van der Waals surface area (Å²) in [4.78, 5) is 24.3. The zero-order valence-corrected chi connectivity index (χ0v) is 11.5. The lowest BCUT2D eigenvalue weighted by Gasteiger charge is -2.06. The second kappa shape index (κ2) is 5.72. The van der Waals surface area contributed by atoms with Crippen LogP contribution in [0.5, 0.6) is 0 Å². The first-order valence-corrected chi connectivity index (χ1v) is 6.47. The third-order valence-electron chi connectivity index (χ3n) is 2.72. The van der Waals surface area contributed by atoms with Gasteiger partial charge < -0.3 is 5.32 Å². The average molecular weight is 300 g/mol. The van der Waals surface area contributed by atoms with Gasteiger partial charge in [-0.2, -0.15) is 0 Å². The average Bonchev–Trinajstić information content (AvgIpc) is 3.02. The Hall–Kier alpha value is -2.73. The minimum Gasteiger partial charge on any atom is -0.319 e. The molecule has 1 aromatic carbocycles. The largest absolute Gasteiger partial charge is 0.319 e. The van der Waals surface area contributed by atoms with Crippen LogP contribution in [0.4, 0.5) is 5.69 Å². The topological polar surface area (TPSA) is 72.7 Å². The van der Waals surface area contributed by atoms with Gasteiger partial charge in [-0.3, -0.25) is 9.36 Å². The Bertz CT molecular complexity index is 755. The Morgan fingerprint density at radius 3 is 2.71 bits per heavy atom. The van der Waals surface area contributed by atoms with Gasteiger partial charge in [0.15, 0.2) is 0 Å². The summed E-state index contributed by atoms with van der Waals surface area (Å²) in [6.45, 7) is 0. The van der Waals surface area contributed by atoms with Gasteiger partial charge in [-0.1, -0.05) is 17.7 Å². The molecular weight excluding hydrogens is 290 g/mol. The molecule has 2 heterocycles. The highest BCUT2D eigenvalue weighted by Crippen LogP contribution is 2.13. The molecule has 1 N–H and O–H groups in total. The first-order valence-electron chi connectivity index (χ1n) is 6.10. The Morgan fingerprint density at radius 2 is 2.05 bits per heavy atom. The van der Waals surface area contributed by atoms with E-state index >= 15 is 0 Å². The second-order valence-corrected chi connectivity index (χ2v) is 4.64. The highest BCUT2D eigenvalue weighted by atomic mass is 35.5. The maximum absolute atomic E-state index is 12.0. The van der Waals surface area contributed by atoms with Crippen LogP contribution in [0.15, 0.2) is 55.4 Å². The molecule has 0 spiro atoms. The minimum absolute atomic E-state index is 0.267. The molecule has 7 heteroatoms. The third-order valence-corrected chi connectivity index (χ3v) is 2.95. The van der Waals surface area contributed by atoms with Crippen LogP contribution in [0.3, 0.4) is 0 Å². The smallest absolute Gasteiger partial charge is 0.255 e. The number of nitrogens with one attached hydrogen (secondary N) is 1. The van der Waals surface area contributed by atoms with E-state index in [9.17, 15) is 4.79 Å². The number of amides is 1. The lowest BCUT2D eigenvalue weighted by molar-refractivity contribution is 0.102. The zero-order chi connectivity index (χ0) is 14.7. The van der Waals surface area contributed by atoms with Gasteiger partial charge in [-0.05, 0) is 18.2 Å². The van der Waals surface area contributed by atoms with Crippen molar-refractivity contribution in [1.29, 1.82) is 0 Å². The van der Waals surface area contributed by atoms with Gasteiger partial charge in [0.2, 0.25) is 5.95 Å². The van der Waals surface area contributed by atoms with Crippen molar-refractivity contribution in [1.82, 2.24) is 19.5 Å². The third kappa shape index (κ3) is 3.06. The van der Waals surface area contributed by atoms with Crippen LogP contribution in [-0.4, -0.2) is 25.4 Å². The monoisotopic (exact) mass is 299 g/mol. The van der Waals surface area contributed by atoms with Crippen molar-refractivity contribution in [2.24, 2.45) is 0 Å². The molecule has 0 saturated heterocycles. The number of imidazole rings is 1. The highest BCUT2D eigenvalue weighted by molar-refractivity contribution is 6.31. The molecule has 0 aliphatic carbocycles. The molecule has 0 bridgehead atoms. The number of carbonyl (C=O) groups excluding carboxylic acids is 1. The van der Waals surface area contributed by atoms with Crippen LogP contribution < -0.4 is 5.32 Å². The van der Waals surface area contributed by atoms with E-state index in [1.54, 1.807) is 47.6 Å². The van der Waals surface area contributed by atoms with E-state index in [4.69, 9.17) is 11.6 Å². The summed E-state index contributed by atoms with van der Waals surface area (Å²) in [6, 6.07) is 6.71. The van der Waals surface area contributed by atoms with Crippen LogP contribution in [-0.2, 0) is 0 Å². The van der Waals surface area contributed by atoms with Crippen molar-refractivity contribution in [2.75, 3.05) is 5.32 Å². The van der Waals surface area contributed by atoms with Gasteiger partial charge in [-0.25, -0.2) is 15.0 Å². The summed E-state index contributed by atoms with van der Waals surface area (Å²) < 4.78 is 1.67. The van der Waals surface area contributed by atoms with Crippen molar-refractivity contribution < 1.29 is 4.79 Å². The van der Waals surface area contributed by atoms with Gasteiger partial charge in [0.25, 0.3) is 5.91 Å². The predicted octanol–water partition coefficient (Wildman–Crippen LogP) is 2.57. The number of hydrogen-bond donors (Lipinski definition) is 1. The second-order valence-electron chi connectivity index (χ2n) is 4.21. The molecule has 0 aliphatic rings. The molecule has 1 amide bonds. The van der Waals surface area contributed by atoms with Crippen molar-refractivity contribution >= 4 is 23.2 Å². The SMILES string of the molecule is O=C(Nc1cnc(-n2ccnc2)nc1)c1cccc(Cl)c1. The van der Waals surface area contributed by atoms with Crippen LogP contribution in [0.2, 0.25) is 5.02 Å². The Kier molecular flexibility index (Phi) is 3.61. The molecular formula is C14H10ClN5O. The van der Waals surface area contributed by atoms with Gasteiger partial charge in [0, 0.05) is 23.0 Å². The summed E-state index contributed by atoms with van der Waals surface area (Å²) >= 11 is 5.86. The van der Waals surface area contributed by atoms with Crippen molar-refractivity contribution in [3.05, 3.63) is 66.0 Å². The van der Waals surface area contributed by atoms with Crippen LogP contribution in [0.25, 0.3) is 5.95 Å². The fourth-order valence-electron chi connectivity index (χ4n) is 1.73. The molecule has 0 aliphatic heterocycles. The summed E-state index contributed by atoms with van der Waals surface area (Å²) in [7, 11) is 0. The highest BCUT2D eigenvalue weighted by Gasteiger charge is 2.07. The van der Waals surface area contributed by atoms with Crippen LogP contribution in [0.1, 0.15) is 10.4 Å². The molecule has 2 aromatic heterocycles. The number of nitrogens with zero attached hydrogens (tertiary/aromatic N) is 4. The molecule has 21 heavy (non-hydrogen) atoms. The van der Waals surface area contributed by atoms with Gasteiger partial charge in [-0.15, -0.1) is 0 Å². The lowest BCUT2D eigenvalue weighted by Crippen LogP contribution is -2.12. The fourth-order valence-corrected chi connectivity index (χ4v) is 1.92. The van der Waals surface area contributed by atoms with E-state index in [-0.39, 0.29) is 5.91 Å². The van der Waals surface area contributed by atoms with E-state index < -0.39 is 0 Å². The molecule has 0 saturated carbocycles. The molecule has 0 atom stereocenters. The number of rotatable bonds is 3. The standard InChI is InChI=1S/C14H10ClN5O/c15-11-3-1-2-10(6-11)13(21)19-12-7-17-14(18-8-12)20-5-4-16-9-20/h1-9H,(H,19,21). The first-order chi connectivity index (χ1) is 10.2. The van der Waals surface area contributed by atoms with Crippen LogP contribution >= 0.6 is 11.6 Å². The fraction of sp³-hybridized carbons (Fsp3) is 0. The summed E-state index contributed by atoms with van der Waals surface area (Å²) in [5.41, 5.74) is 0.977. The number of halogens is 1. The van der Waals surface area contributed by atoms with Gasteiger partial charge in [0.1, 0.15) is 6.33 Å². The Balaban J connectivity index is 1.75. The van der Waals surface area contributed by atoms with Crippen molar-refractivity contribution in [2.45, 2.75) is 0 Å². The Labute approximate surface area is 125 Å². The molecule has 0 fully saturated rings. The number of aromatic nitrogens is 4. The zero-order valence-electron chi connectivity index (χ0n) is 10.8. The quantitative estimate of drug-likeness (QED) is 0.806. The molecule has 3 aromatic rings. The molecule has 0 radical (unpaired) electrons. The van der Waals surface area contributed by atoms with E-state index in [1.807, 2.05) is 0 Å². The number of carbonyl (C=O) groups is 1. The van der Waals surface area contributed by atoms with Crippen molar-refractivity contribution in [3.8, 4) is 5.95 Å². The Morgan fingerprint density at radius 1 is 1.24 bits per heavy atom. The molecule has 104 valence electrons. The lowest BCUT2D eigenvalue weighted by atomic mass is 10.2. The summed E-state index contributed by atoms with van der Waals surface area (Å²) in [5.74, 6) is 0.213. The normalized spacial score (nSPS) is 10.3. The van der Waals surface area contributed by atoms with E-state index in [2.05, 4.69) is 20.3 Å². The first kappa shape index (κ1) is 13.3. The van der Waals surface area contributed by atoms with E-state index in [1.165, 1.54) is 12.4 Å². The number of benzene rings is 1. The van der Waals surface area contributed by atoms with Gasteiger partial charge >= 0.3 is 0 Å². The summed E-state index contributed by atoms with van der Waals surface area (Å²) in [5, 5.41) is 3.22.